The van der Waals surface area contributed by atoms with Crippen LogP contribution >= 0.6 is 0 Å². The highest BCUT2D eigenvalue weighted by Crippen LogP contribution is 2.23. The fourth-order valence-electron chi connectivity index (χ4n) is 3.14. The molecule has 0 bridgehead atoms. The van der Waals surface area contributed by atoms with E-state index in [0.717, 1.165) is 23.3 Å². The summed E-state index contributed by atoms with van der Waals surface area (Å²) >= 11 is 0. The number of hydrogen-bond donors (Lipinski definition) is 2. The number of ether oxygens (including phenoxy) is 2. The van der Waals surface area contributed by atoms with Gasteiger partial charge in [0, 0.05) is 30.5 Å². The van der Waals surface area contributed by atoms with Crippen LogP contribution in [0, 0.1) is 5.92 Å². The summed E-state index contributed by atoms with van der Waals surface area (Å²) in [6.07, 6.45) is 4.58. The number of carbonyl (C=O) groups is 2. The van der Waals surface area contributed by atoms with Gasteiger partial charge in [-0.05, 0) is 36.6 Å². The summed E-state index contributed by atoms with van der Waals surface area (Å²) in [5.74, 6) is -1.02. The van der Waals surface area contributed by atoms with Crippen molar-refractivity contribution in [1.29, 1.82) is 0 Å². The molecule has 1 aliphatic rings. The second-order valence-corrected chi connectivity index (χ2v) is 6.46. The van der Waals surface area contributed by atoms with E-state index in [1.807, 2.05) is 24.3 Å². The zero-order valence-electron chi connectivity index (χ0n) is 15.1. The van der Waals surface area contributed by atoms with Gasteiger partial charge in [-0.1, -0.05) is 12.1 Å². The number of methoxy groups -OCH3 is 1. The van der Waals surface area contributed by atoms with Gasteiger partial charge >= 0.3 is 5.97 Å². The summed E-state index contributed by atoms with van der Waals surface area (Å²) in [6.45, 7) is 0.964. The van der Waals surface area contributed by atoms with Crippen LogP contribution in [0.5, 0.6) is 5.75 Å². The number of nitrogens with zero attached hydrogens (tertiary/aromatic N) is 1. The third kappa shape index (κ3) is 4.62. The van der Waals surface area contributed by atoms with Crippen LogP contribution in [-0.4, -0.2) is 48.3 Å². The van der Waals surface area contributed by atoms with Gasteiger partial charge in [-0.2, -0.15) is 0 Å². The van der Waals surface area contributed by atoms with Crippen molar-refractivity contribution in [1.82, 2.24) is 10.3 Å². The highest BCUT2D eigenvalue weighted by Gasteiger charge is 2.31. The normalized spacial score (nSPS) is 17.7. The van der Waals surface area contributed by atoms with Crippen LogP contribution in [0.2, 0.25) is 0 Å². The first-order chi connectivity index (χ1) is 13.1. The maximum absolute atomic E-state index is 12.6. The summed E-state index contributed by atoms with van der Waals surface area (Å²) in [5.41, 5.74) is 1.96. The van der Waals surface area contributed by atoms with Crippen molar-refractivity contribution in [3.05, 3.63) is 48.3 Å². The third-order valence-corrected chi connectivity index (χ3v) is 4.64. The van der Waals surface area contributed by atoms with Crippen LogP contribution in [0.3, 0.4) is 0 Å². The number of aromatic nitrogens is 1. The lowest BCUT2D eigenvalue weighted by molar-refractivity contribution is -0.142. The summed E-state index contributed by atoms with van der Waals surface area (Å²) in [4.78, 5) is 28.4. The summed E-state index contributed by atoms with van der Waals surface area (Å²) in [6, 6.07) is 8.10. The van der Waals surface area contributed by atoms with Crippen molar-refractivity contribution in [2.75, 3.05) is 20.3 Å². The second-order valence-electron chi connectivity index (χ2n) is 6.46. The molecule has 7 nitrogen and oxygen atoms in total. The predicted octanol–water partition coefficient (Wildman–Crippen LogP) is 2.37. The van der Waals surface area contributed by atoms with E-state index in [9.17, 15) is 14.7 Å². The van der Waals surface area contributed by atoms with Crippen LogP contribution in [0.15, 0.2) is 42.7 Å². The topological polar surface area (TPSA) is 97.8 Å². The zero-order chi connectivity index (χ0) is 19.2. The number of carbonyl (C=O) groups excluding carboxylic acids is 1. The molecule has 0 aliphatic carbocycles. The van der Waals surface area contributed by atoms with Crippen LogP contribution in [-0.2, 0) is 9.53 Å². The SMILES string of the molecule is COc1ccc(-c2cncc(C(=O)NC(C(=O)O)C3CCCOC3)c2)cc1. The van der Waals surface area contributed by atoms with Crippen molar-refractivity contribution >= 4 is 11.9 Å². The molecule has 2 N–H and O–H groups in total. The van der Waals surface area contributed by atoms with Gasteiger partial charge < -0.3 is 19.9 Å². The Bertz CT molecular complexity index is 800. The van der Waals surface area contributed by atoms with Gasteiger partial charge in [0.15, 0.2) is 0 Å². The number of carboxylic acids is 1. The maximum Gasteiger partial charge on any atom is 0.326 e. The summed E-state index contributed by atoms with van der Waals surface area (Å²) in [7, 11) is 1.59. The third-order valence-electron chi connectivity index (χ3n) is 4.64. The van der Waals surface area contributed by atoms with Crippen LogP contribution < -0.4 is 10.1 Å². The van der Waals surface area contributed by atoms with E-state index in [0.29, 0.717) is 25.2 Å². The summed E-state index contributed by atoms with van der Waals surface area (Å²) in [5, 5.41) is 12.1. The van der Waals surface area contributed by atoms with Crippen molar-refractivity contribution in [3.63, 3.8) is 0 Å². The van der Waals surface area contributed by atoms with Crippen LogP contribution in [0.1, 0.15) is 23.2 Å². The number of carboxylic acid groups (broad SMARTS) is 1. The first kappa shape index (κ1) is 18.8. The molecule has 0 radical (unpaired) electrons. The molecule has 2 unspecified atom stereocenters. The number of hydrogen-bond acceptors (Lipinski definition) is 5. The van der Waals surface area contributed by atoms with E-state index in [-0.39, 0.29) is 5.92 Å². The van der Waals surface area contributed by atoms with Crippen molar-refractivity contribution < 1.29 is 24.2 Å². The van der Waals surface area contributed by atoms with E-state index in [1.54, 1.807) is 19.4 Å². The predicted molar refractivity (Wildman–Crippen MR) is 98.7 cm³/mol. The Morgan fingerprint density at radius 2 is 2.04 bits per heavy atom. The lowest BCUT2D eigenvalue weighted by Gasteiger charge is -2.28. The van der Waals surface area contributed by atoms with Gasteiger partial charge in [0.1, 0.15) is 11.8 Å². The molecule has 1 fully saturated rings. The molecular weight excluding hydrogens is 348 g/mol. The Balaban J connectivity index is 1.76. The van der Waals surface area contributed by atoms with Crippen LogP contribution in [0.25, 0.3) is 11.1 Å². The average Bonchev–Trinajstić information content (AvgIpc) is 2.72. The molecule has 1 aliphatic heterocycles. The number of amides is 1. The van der Waals surface area contributed by atoms with E-state index in [1.165, 1.54) is 6.20 Å². The quantitative estimate of drug-likeness (QED) is 0.810. The highest BCUT2D eigenvalue weighted by atomic mass is 16.5. The molecule has 1 aromatic carbocycles. The van der Waals surface area contributed by atoms with Crippen molar-refractivity contribution in [2.45, 2.75) is 18.9 Å². The molecule has 1 aromatic heterocycles. The molecule has 2 atom stereocenters. The molecule has 2 heterocycles. The molecule has 1 amide bonds. The molecular formula is C20H22N2O5. The van der Waals surface area contributed by atoms with Crippen molar-refractivity contribution in [2.24, 2.45) is 5.92 Å². The van der Waals surface area contributed by atoms with E-state index < -0.39 is 17.9 Å². The largest absolute Gasteiger partial charge is 0.497 e. The average molecular weight is 370 g/mol. The lowest BCUT2D eigenvalue weighted by Crippen LogP contribution is -2.48. The Labute approximate surface area is 157 Å². The van der Waals surface area contributed by atoms with Gasteiger partial charge in [-0.3, -0.25) is 9.78 Å². The first-order valence-electron chi connectivity index (χ1n) is 8.79. The van der Waals surface area contributed by atoms with Crippen LogP contribution in [0.4, 0.5) is 0 Å². The second kappa shape index (κ2) is 8.64. The molecule has 0 saturated carbocycles. The number of nitrogens with one attached hydrogen (secondary N) is 1. The standard InChI is InChI=1S/C20H22N2O5/c1-26-17-6-4-13(5-7-17)15-9-16(11-21-10-15)19(23)22-18(20(24)25)14-3-2-8-27-12-14/h4-7,9-11,14,18H,2-3,8,12H2,1H3,(H,22,23)(H,24,25). The Morgan fingerprint density at radius 1 is 1.26 bits per heavy atom. The molecule has 142 valence electrons. The number of pyridine rings is 1. The van der Waals surface area contributed by atoms with Gasteiger partial charge in [-0.25, -0.2) is 4.79 Å². The van der Waals surface area contributed by atoms with E-state index in [4.69, 9.17) is 9.47 Å². The smallest absolute Gasteiger partial charge is 0.326 e. The molecule has 27 heavy (non-hydrogen) atoms. The minimum atomic E-state index is -1.06. The van der Waals surface area contributed by atoms with Gasteiger partial charge in [0.25, 0.3) is 5.91 Å². The molecule has 7 heteroatoms. The molecule has 2 aromatic rings. The minimum absolute atomic E-state index is 0.238. The Morgan fingerprint density at radius 3 is 2.67 bits per heavy atom. The summed E-state index contributed by atoms with van der Waals surface area (Å²) < 4.78 is 10.5. The van der Waals surface area contributed by atoms with Gasteiger partial charge in [-0.15, -0.1) is 0 Å². The maximum atomic E-state index is 12.6. The van der Waals surface area contributed by atoms with E-state index >= 15 is 0 Å². The first-order valence-corrected chi connectivity index (χ1v) is 8.79. The minimum Gasteiger partial charge on any atom is -0.497 e. The van der Waals surface area contributed by atoms with E-state index in [2.05, 4.69) is 10.3 Å². The van der Waals surface area contributed by atoms with Gasteiger partial charge in [0.2, 0.25) is 0 Å². The van der Waals surface area contributed by atoms with Gasteiger partial charge in [0.05, 0.1) is 19.3 Å². The van der Waals surface area contributed by atoms with Crippen molar-refractivity contribution in [3.8, 4) is 16.9 Å². The number of benzene rings is 1. The zero-order valence-corrected chi connectivity index (χ0v) is 15.1. The fourth-order valence-corrected chi connectivity index (χ4v) is 3.14. The molecule has 0 spiro atoms. The fraction of sp³-hybridized carbons (Fsp3) is 0.350. The number of rotatable bonds is 6. The Kier molecular flexibility index (Phi) is 6.03. The molecule has 3 rings (SSSR count). The highest BCUT2D eigenvalue weighted by molar-refractivity contribution is 5.97. The number of aliphatic carboxylic acids is 1. The Hall–Kier alpha value is -2.93. The monoisotopic (exact) mass is 370 g/mol. The molecule has 1 saturated heterocycles. The lowest BCUT2D eigenvalue weighted by atomic mass is 9.93.